The summed E-state index contributed by atoms with van der Waals surface area (Å²) in [5.41, 5.74) is 0. The summed E-state index contributed by atoms with van der Waals surface area (Å²) in [5.74, 6) is -0.0669. The Bertz CT molecular complexity index is 109. The molecule has 0 unspecified atom stereocenters. The third kappa shape index (κ3) is 3.58. The van der Waals surface area contributed by atoms with E-state index in [1.54, 1.807) is 13.8 Å². The lowest BCUT2D eigenvalue weighted by molar-refractivity contribution is -0.124. The molecule has 0 bridgehead atoms. The van der Waals surface area contributed by atoms with Crippen molar-refractivity contribution in [3.8, 4) is 0 Å². The van der Waals surface area contributed by atoms with Crippen LogP contribution in [0.3, 0.4) is 0 Å². The number of hydrogen-bond acceptors (Lipinski definition) is 3. The highest BCUT2D eigenvalue weighted by Crippen LogP contribution is 2.01. The summed E-state index contributed by atoms with van der Waals surface area (Å²) in [6.07, 6.45) is -0.816. The molecule has 3 nitrogen and oxygen atoms in total. The van der Waals surface area contributed by atoms with Gasteiger partial charge in [-0.15, -0.1) is 0 Å². The predicted octanol–water partition coefficient (Wildman–Crippen LogP) is -0.0452. The van der Waals surface area contributed by atoms with Crippen LogP contribution in [0.25, 0.3) is 0 Å². The Kier molecular flexibility index (Phi) is 4.23. The zero-order chi connectivity index (χ0) is 8.15. The van der Waals surface area contributed by atoms with Gasteiger partial charge >= 0.3 is 0 Å². The highest BCUT2D eigenvalue weighted by molar-refractivity contribution is 5.80. The van der Waals surface area contributed by atoms with E-state index in [1.807, 2.05) is 0 Å². The quantitative estimate of drug-likeness (QED) is 0.585. The van der Waals surface area contributed by atoms with Gasteiger partial charge < -0.3 is 10.2 Å². The molecule has 0 saturated heterocycles. The summed E-state index contributed by atoms with van der Waals surface area (Å²) in [6, 6.07) is 0. The van der Waals surface area contributed by atoms with Crippen LogP contribution in [-0.2, 0) is 4.79 Å². The van der Waals surface area contributed by atoms with E-state index >= 15 is 0 Å². The van der Waals surface area contributed by atoms with Gasteiger partial charge in [0.25, 0.3) is 0 Å². The molecule has 0 fully saturated rings. The maximum Gasteiger partial charge on any atom is 0.138 e. The molecule has 0 aliphatic heterocycles. The van der Waals surface area contributed by atoms with Crippen LogP contribution in [0.5, 0.6) is 0 Å². The molecule has 0 aromatic carbocycles. The van der Waals surface area contributed by atoms with Crippen molar-refractivity contribution >= 4 is 5.78 Å². The highest BCUT2D eigenvalue weighted by Gasteiger charge is 2.12. The molecule has 0 aliphatic carbocycles. The molecule has 0 rings (SSSR count). The largest absolute Gasteiger partial charge is 0.394 e. The summed E-state index contributed by atoms with van der Waals surface area (Å²) < 4.78 is 0. The Hall–Kier alpha value is -0.410. The lowest BCUT2D eigenvalue weighted by Gasteiger charge is -2.07. The molecule has 0 spiro atoms. The Morgan fingerprint density at radius 1 is 1.50 bits per heavy atom. The van der Waals surface area contributed by atoms with Gasteiger partial charge in [-0.05, 0) is 0 Å². The first kappa shape index (κ1) is 9.59. The van der Waals surface area contributed by atoms with Crippen LogP contribution < -0.4 is 0 Å². The van der Waals surface area contributed by atoms with E-state index in [1.165, 1.54) is 0 Å². The van der Waals surface area contributed by atoms with Crippen molar-refractivity contribution in [2.75, 3.05) is 6.61 Å². The molecule has 3 heteroatoms. The standard InChI is InChI=1S/C7H14O3/c1-5(2)7(10)3-6(9)4-8/h5-6,8-9H,3-4H2,1-2H3/t6-/m0/s1. The molecule has 0 radical (unpaired) electrons. The van der Waals surface area contributed by atoms with Crippen LogP contribution in [-0.4, -0.2) is 28.7 Å². The predicted molar refractivity (Wildman–Crippen MR) is 37.6 cm³/mol. The molecule has 10 heavy (non-hydrogen) atoms. The van der Waals surface area contributed by atoms with E-state index in [-0.39, 0.29) is 24.7 Å². The van der Waals surface area contributed by atoms with E-state index in [0.717, 1.165) is 0 Å². The maximum absolute atomic E-state index is 10.8. The molecule has 0 aromatic heterocycles. The van der Waals surface area contributed by atoms with Crippen LogP contribution in [0.4, 0.5) is 0 Å². The van der Waals surface area contributed by atoms with Gasteiger partial charge in [0.05, 0.1) is 12.7 Å². The van der Waals surface area contributed by atoms with Crippen LogP contribution in [0.2, 0.25) is 0 Å². The normalized spacial score (nSPS) is 13.7. The summed E-state index contributed by atoms with van der Waals surface area (Å²) in [4.78, 5) is 10.8. The molecule has 2 N–H and O–H groups in total. The van der Waals surface area contributed by atoms with E-state index in [9.17, 15) is 4.79 Å². The van der Waals surface area contributed by atoms with Gasteiger partial charge in [-0.3, -0.25) is 4.79 Å². The first-order chi connectivity index (χ1) is 4.57. The lowest BCUT2D eigenvalue weighted by Crippen LogP contribution is -2.20. The second kappa shape index (κ2) is 4.41. The first-order valence-corrected chi connectivity index (χ1v) is 3.39. The zero-order valence-electron chi connectivity index (χ0n) is 6.37. The first-order valence-electron chi connectivity index (χ1n) is 3.39. The summed E-state index contributed by atoms with van der Waals surface area (Å²) in [6.45, 7) is 3.21. The average Bonchev–Trinajstić information content (AvgIpc) is 1.87. The van der Waals surface area contributed by atoms with Gasteiger partial charge in [0.2, 0.25) is 0 Å². The Labute approximate surface area is 60.7 Å². The van der Waals surface area contributed by atoms with Crippen molar-refractivity contribution in [1.82, 2.24) is 0 Å². The minimum Gasteiger partial charge on any atom is -0.394 e. The molecule has 1 atom stereocenters. The molecule has 0 saturated carbocycles. The molecule has 60 valence electrons. The number of aliphatic hydroxyl groups excluding tert-OH is 2. The third-order valence-electron chi connectivity index (χ3n) is 1.29. The maximum atomic E-state index is 10.8. The molecular formula is C7H14O3. The number of ketones is 1. The summed E-state index contributed by atoms with van der Waals surface area (Å²) in [7, 11) is 0. The summed E-state index contributed by atoms with van der Waals surface area (Å²) in [5, 5.41) is 17.2. The fourth-order valence-corrected chi connectivity index (χ4v) is 0.532. The van der Waals surface area contributed by atoms with Crippen LogP contribution in [0, 0.1) is 5.92 Å². The number of rotatable bonds is 4. The zero-order valence-corrected chi connectivity index (χ0v) is 6.37. The minimum absolute atomic E-state index is 0.0125. The van der Waals surface area contributed by atoms with Crippen LogP contribution in [0.1, 0.15) is 20.3 Å². The number of hydrogen-bond donors (Lipinski definition) is 2. The lowest BCUT2D eigenvalue weighted by atomic mass is 10.0. The van der Waals surface area contributed by atoms with Crippen molar-refractivity contribution in [2.24, 2.45) is 5.92 Å². The number of Topliss-reactive ketones (excluding diaryl/α,β-unsaturated/α-hetero) is 1. The van der Waals surface area contributed by atoms with Crippen molar-refractivity contribution in [3.63, 3.8) is 0 Å². The minimum atomic E-state index is -0.880. The highest BCUT2D eigenvalue weighted by atomic mass is 16.3. The fraction of sp³-hybridized carbons (Fsp3) is 0.857. The van der Waals surface area contributed by atoms with Gasteiger partial charge in [-0.25, -0.2) is 0 Å². The van der Waals surface area contributed by atoms with Crippen LogP contribution in [0.15, 0.2) is 0 Å². The van der Waals surface area contributed by atoms with Gasteiger partial charge in [0, 0.05) is 12.3 Å². The van der Waals surface area contributed by atoms with Gasteiger partial charge in [0.15, 0.2) is 0 Å². The van der Waals surface area contributed by atoms with Crippen molar-refractivity contribution in [1.29, 1.82) is 0 Å². The van der Waals surface area contributed by atoms with Gasteiger partial charge in [-0.2, -0.15) is 0 Å². The second-order valence-corrected chi connectivity index (χ2v) is 2.66. The molecule has 0 aliphatic rings. The Balaban J connectivity index is 3.57. The molecule has 0 heterocycles. The van der Waals surface area contributed by atoms with E-state index in [4.69, 9.17) is 10.2 Å². The topological polar surface area (TPSA) is 57.5 Å². The Morgan fingerprint density at radius 2 is 2.00 bits per heavy atom. The number of carbonyl (C=O) groups excluding carboxylic acids is 1. The Morgan fingerprint density at radius 3 is 2.30 bits per heavy atom. The molecule has 0 amide bonds. The molecule has 0 aromatic rings. The van der Waals surface area contributed by atoms with Crippen molar-refractivity contribution in [3.05, 3.63) is 0 Å². The van der Waals surface area contributed by atoms with Crippen molar-refractivity contribution in [2.45, 2.75) is 26.4 Å². The van der Waals surface area contributed by atoms with E-state index in [0.29, 0.717) is 0 Å². The number of aliphatic hydroxyl groups is 2. The SMILES string of the molecule is CC(C)C(=O)C[C@H](O)CO. The van der Waals surface area contributed by atoms with Crippen molar-refractivity contribution < 1.29 is 15.0 Å². The van der Waals surface area contributed by atoms with Gasteiger partial charge in [0.1, 0.15) is 5.78 Å². The molecular weight excluding hydrogens is 132 g/mol. The van der Waals surface area contributed by atoms with E-state index in [2.05, 4.69) is 0 Å². The summed E-state index contributed by atoms with van der Waals surface area (Å²) >= 11 is 0. The number of carbonyl (C=O) groups is 1. The monoisotopic (exact) mass is 146 g/mol. The second-order valence-electron chi connectivity index (χ2n) is 2.66. The smallest absolute Gasteiger partial charge is 0.138 e. The van der Waals surface area contributed by atoms with Crippen LogP contribution >= 0.6 is 0 Å². The average molecular weight is 146 g/mol. The fourth-order valence-electron chi connectivity index (χ4n) is 0.532. The third-order valence-corrected chi connectivity index (χ3v) is 1.29. The van der Waals surface area contributed by atoms with Gasteiger partial charge in [-0.1, -0.05) is 13.8 Å². The van der Waals surface area contributed by atoms with E-state index < -0.39 is 6.10 Å².